The van der Waals surface area contributed by atoms with Crippen molar-refractivity contribution in [3.63, 3.8) is 0 Å². The van der Waals surface area contributed by atoms with Gasteiger partial charge in [-0.05, 0) is 77.0 Å². The van der Waals surface area contributed by atoms with Crippen molar-refractivity contribution in [3.8, 4) is 23.0 Å². The topological polar surface area (TPSA) is 49.0 Å². The van der Waals surface area contributed by atoms with Crippen molar-refractivity contribution in [2.24, 2.45) is 0 Å². The van der Waals surface area contributed by atoms with E-state index in [-0.39, 0.29) is 6.04 Å². The normalized spacial score (nSPS) is 14.0. The van der Waals surface area contributed by atoms with Gasteiger partial charge in [-0.2, -0.15) is 0 Å². The summed E-state index contributed by atoms with van der Waals surface area (Å²) < 4.78 is 24.6. The largest absolute Gasteiger partial charge is 0.497 e. The summed E-state index contributed by atoms with van der Waals surface area (Å²) in [5.41, 5.74) is 7.02. The van der Waals surface area contributed by atoms with E-state index in [0.29, 0.717) is 19.8 Å². The van der Waals surface area contributed by atoms with Gasteiger partial charge in [0.05, 0.1) is 7.11 Å². The Morgan fingerprint density at radius 1 is 0.581 bits per heavy atom. The van der Waals surface area contributed by atoms with Gasteiger partial charge in [0.15, 0.2) is 11.5 Å². The van der Waals surface area contributed by atoms with Crippen LogP contribution in [0.2, 0.25) is 0 Å². The highest BCUT2D eigenvalue weighted by atomic mass is 16.5. The predicted molar refractivity (Wildman–Crippen MR) is 170 cm³/mol. The molecule has 43 heavy (non-hydrogen) atoms. The summed E-state index contributed by atoms with van der Waals surface area (Å²) in [5, 5.41) is 3.74. The first kappa shape index (κ1) is 28.4. The van der Waals surface area contributed by atoms with Crippen molar-refractivity contribution in [1.29, 1.82) is 0 Å². The molecule has 0 radical (unpaired) electrons. The maximum absolute atomic E-state index is 6.41. The molecule has 5 aromatic rings. The van der Waals surface area contributed by atoms with Crippen LogP contribution in [0.1, 0.15) is 39.4 Å². The van der Waals surface area contributed by atoms with Gasteiger partial charge in [-0.25, -0.2) is 0 Å². The molecule has 0 saturated heterocycles. The Balaban J connectivity index is 1.25. The standard InChI is InChI=1S/C38H37NO4/c1-40-33-19-31(20-34(23-33)41-25-28-11-5-2-6-12-28)21-36-35-24-38(43-27-30-15-9-4-10-16-30)37(22-32(35)17-18-39-36)42-26-29-13-7-3-8-14-29/h2-16,19-20,22-24,36,39H,17-18,21,25-27H2,1H3. The minimum Gasteiger partial charge on any atom is -0.497 e. The van der Waals surface area contributed by atoms with E-state index >= 15 is 0 Å². The van der Waals surface area contributed by atoms with Crippen LogP contribution >= 0.6 is 0 Å². The van der Waals surface area contributed by atoms with Gasteiger partial charge >= 0.3 is 0 Å². The fourth-order valence-corrected chi connectivity index (χ4v) is 5.45. The summed E-state index contributed by atoms with van der Waals surface area (Å²) >= 11 is 0. The molecule has 1 aliphatic heterocycles. The van der Waals surface area contributed by atoms with Crippen LogP contribution in [0, 0.1) is 0 Å². The molecular weight excluding hydrogens is 534 g/mol. The third-order valence-corrected chi connectivity index (χ3v) is 7.70. The minimum absolute atomic E-state index is 0.111. The van der Waals surface area contributed by atoms with Crippen LogP contribution in [-0.4, -0.2) is 13.7 Å². The lowest BCUT2D eigenvalue weighted by Gasteiger charge is -2.29. The van der Waals surface area contributed by atoms with Crippen molar-refractivity contribution in [1.82, 2.24) is 5.32 Å². The molecule has 1 N–H and O–H groups in total. The zero-order chi connectivity index (χ0) is 29.3. The Morgan fingerprint density at radius 2 is 1.12 bits per heavy atom. The lowest BCUT2D eigenvalue weighted by molar-refractivity contribution is 0.254. The monoisotopic (exact) mass is 571 g/mol. The SMILES string of the molecule is COc1cc(CC2NCCc3cc(OCc4ccccc4)c(OCc4ccccc4)cc32)cc(OCc2ccccc2)c1. The fraction of sp³-hybridized carbons (Fsp3) is 0.211. The molecule has 1 unspecified atom stereocenters. The number of hydrogen-bond donors (Lipinski definition) is 1. The summed E-state index contributed by atoms with van der Waals surface area (Å²) in [7, 11) is 1.70. The highest BCUT2D eigenvalue weighted by molar-refractivity contribution is 5.50. The quantitative estimate of drug-likeness (QED) is 0.165. The summed E-state index contributed by atoms with van der Waals surface area (Å²) in [6.07, 6.45) is 1.71. The van der Waals surface area contributed by atoms with E-state index in [9.17, 15) is 0 Å². The molecule has 0 bridgehead atoms. The second kappa shape index (κ2) is 14.0. The van der Waals surface area contributed by atoms with Crippen molar-refractivity contribution >= 4 is 0 Å². The van der Waals surface area contributed by atoms with Gasteiger partial charge in [0.1, 0.15) is 31.3 Å². The summed E-state index contributed by atoms with van der Waals surface area (Å²) in [6, 6.07) is 41.3. The van der Waals surface area contributed by atoms with Gasteiger partial charge in [-0.15, -0.1) is 0 Å². The average molecular weight is 572 g/mol. The molecule has 0 amide bonds. The van der Waals surface area contributed by atoms with E-state index in [4.69, 9.17) is 18.9 Å². The van der Waals surface area contributed by atoms with Crippen LogP contribution < -0.4 is 24.3 Å². The molecule has 5 aromatic carbocycles. The second-order valence-corrected chi connectivity index (χ2v) is 10.8. The number of fused-ring (bicyclic) bond motifs is 1. The van der Waals surface area contributed by atoms with Gasteiger partial charge in [-0.1, -0.05) is 91.0 Å². The maximum atomic E-state index is 6.41. The predicted octanol–water partition coefficient (Wildman–Crippen LogP) is 7.86. The maximum Gasteiger partial charge on any atom is 0.162 e. The lowest BCUT2D eigenvalue weighted by atomic mass is 9.89. The first-order valence-electron chi connectivity index (χ1n) is 14.8. The fourth-order valence-electron chi connectivity index (χ4n) is 5.45. The highest BCUT2D eigenvalue weighted by Crippen LogP contribution is 2.38. The van der Waals surface area contributed by atoms with E-state index in [1.54, 1.807) is 7.11 Å². The van der Waals surface area contributed by atoms with Gasteiger partial charge in [-0.3, -0.25) is 0 Å². The zero-order valence-electron chi connectivity index (χ0n) is 24.5. The van der Waals surface area contributed by atoms with Gasteiger partial charge in [0.25, 0.3) is 0 Å². The van der Waals surface area contributed by atoms with Crippen molar-refractivity contribution in [3.05, 3.63) is 155 Å². The molecule has 5 heteroatoms. The molecule has 0 aliphatic carbocycles. The molecule has 0 fully saturated rings. The molecule has 0 saturated carbocycles. The molecule has 218 valence electrons. The second-order valence-electron chi connectivity index (χ2n) is 10.8. The average Bonchev–Trinajstić information content (AvgIpc) is 3.07. The van der Waals surface area contributed by atoms with Crippen LogP contribution in [0.15, 0.2) is 121 Å². The van der Waals surface area contributed by atoms with Crippen molar-refractivity contribution < 1.29 is 18.9 Å². The Hall–Kier alpha value is -4.74. The third kappa shape index (κ3) is 7.56. The number of methoxy groups -OCH3 is 1. The summed E-state index contributed by atoms with van der Waals surface area (Å²) in [6.45, 7) is 2.35. The number of ether oxygens (including phenoxy) is 4. The number of rotatable bonds is 12. The van der Waals surface area contributed by atoms with Crippen molar-refractivity contribution in [2.45, 2.75) is 38.7 Å². The van der Waals surface area contributed by atoms with Gasteiger partial charge in [0.2, 0.25) is 0 Å². The van der Waals surface area contributed by atoms with Crippen LogP contribution in [0.3, 0.4) is 0 Å². The molecule has 5 nitrogen and oxygen atoms in total. The first-order valence-corrected chi connectivity index (χ1v) is 14.8. The first-order chi connectivity index (χ1) is 21.2. The van der Waals surface area contributed by atoms with E-state index in [1.807, 2.05) is 60.7 Å². The van der Waals surface area contributed by atoms with Gasteiger partial charge < -0.3 is 24.3 Å². The molecule has 1 heterocycles. The van der Waals surface area contributed by atoms with E-state index in [1.165, 1.54) is 11.1 Å². The summed E-state index contributed by atoms with van der Waals surface area (Å²) in [5.74, 6) is 3.11. The molecular formula is C38H37NO4. The smallest absolute Gasteiger partial charge is 0.162 e. The third-order valence-electron chi connectivity index (χ3n) is 7.70. The number of benzene rings is 5. The Bertz CT molecular complexity index is 1610. The molecule has 1 atom stereocenters. The lowest BCUT2D eigenvalue weighted by Crippen LogP contribution is -2.31. The van der Waals surface area contributed by atoms with Crippen LogP contribution in [0.5, 0.6) is 23.0 Å². The molecule has 6 rings (SSSR count). The Labute approximate surface area is 254 Å². The molecule has 0 spiro atoms. The Kier molecular flexibility index (Phi) is 9.21. The van der Waals surface area contributed by atoms with E-state index < -0.39 is 0 Å². The summed E-state index contributed by atoms with van der Waals surface area (Å²) in [4.78, 5) is 0. The van der Waals surface area contributed by atoms with Crippen LogP contribution in [0.25, 0.3) is 0 Å². The zero-order valence-corrected chi connectivity index (χ0v) is 24.5. The van der Waals surface area contributed by atoms with Crippen LogP contribution in [-0.2, 0) is 32.7 Å². The number of hydrogen-bond acceptors (Lipinski definition) is 5. The highest BCUT2D eigenvalue weighted by Gasteiger charge is 2.24. The minimum atomic E-state index is 0.111. The Morgan fingerprint density at radius 3 is 1.70 bits per heavy atom. The van der Waals surface area contributed by atoms with E-state index in [0.717, 1.165) is 64.6 Å². The van der Waals surface area contributed by atoms with Gasteiger partial charge in [0, 0.05) is 12.1 Å². The van der Waals surface area contributed by atoms with Crippen molar-refractivity contribution in [2.75, 3.05) is 13.7 Å². The number of nitrogens with one attached hydrogen (secondary N) is 1. The van der Waals surface area contributed by atoms with Crippen LogP contribution in [0.4, 0.5) is 0 Å². The molecule has 0 aromatic heterocycles. The molecule has 1 aliphatic rings. The van der Waals surface area contributed by atoms with E-state index in [2.05, 4.69) is 66.0 Å².